The number of hydrogen-bond donors (Lipinski definition) is 2. The lowest BCUT2D eigenvalue weighted by Gasteiger charge is -2.08. The number of amides is 1. The number of alkyl halides is 1. The van der Waals surface area contributed by atoms with Crippen molar-refractivity contribution in [2.45, 2.75) is 6.42 Å². The van der Waals surface area contributed by atoms with Crippen molar-refractivity contribution in [3.05, 3.63) is 29.3 Å². The summed E-state index contributed by atoms with van der Waals surface area (Å²) >= 11 is 16.1. The van der Waals surface area contributed by atoms with Gasteiger partial charge in [0.15, 0.2) is 5.11 Å². The zero-order valence-electron chi connectivity index (χ0n) is 8.30. The van der Waals surface area contributed by atoms with Crippen LogP contribution in [0.1, 0.15) is 6.42 Å². The molecule has 1 amide bonds. The molecule has 1 rings (SSSR count). The van der Waals surface area contributed by atoms with Crippen molar-refractivity contribution in [2.75, 3.05) is 11.2 Å². The number of benzene rings is 1. The SMILES string of the molecule is O=C(CCCl)NC(=S)Nc1ccc(Cl)cc1. The van der Waals surface area contributed by atoms with E-state index in [1.165, 1.54) is 0 Å². The number of halogens is 2. The Labute approximate surface area is 109 Å². The predicted molar refractivity (Wildman–Crippen MR) is 71.2 cm³/mol. The molecule has 0 fully saturated rings. The summed E-state index contributed by atoms with van der Waals surface area (Å²) in [7, 11) is 0. The van der Waals surface area contributed by atoms with Gasteiger partial charge in [-0.05, 0) is 36.5 Å². The molecule has 1 aromatic carbocycles. The lowest BCUT2D eigenvalue weighted by molar-refractivity contribution is -0.119. The summed E-state index contributed by atoms with van der Waals surface area (Å²) in [4.78, 5) is 11.2. The van der Waals surface area contributed by atoms with Gasteiger partial charge in [-0.2, -0.15) is 0 Å². The van der Waals surface area contributed by atoms with E-state index in [1.807, 2.05) is 0 Å². The Morgan fingerprint density at radius 2 is 1.94 bits per heavy atom. The summed E-state index contributed by atoms with van der Waals surface area (Å²) in [6.45, 7) is 0. The van der Waals surface area contributed by atoms with E-state index < -0.39 is 0 Å². The third-order valence-electron chi connectivity index (χ3n) is 1.68. The van der Waals surface area contributed by atoms with Crippen LogP contribution in [-0.4, -0.2) is 16.9 Å². The molecule has 0 aliphatic heterocycles. The average molecular weight is 277 g/mol. The quantitative estimate of drug-likeness (QED) is 0.659. The first-order valence-electron chi connectivity index (χ1n) is 4.54. The second-order valence-corrected chi connectivity index (χ2v) is 4.17. The van der Waals surface area contributed by atoms with E-state index >= 15 is 0 Å². The van der Waals surface area contributed by atoms with Crippen molar-refractivity contribution in [3.8, 4) is 0 Å². The zero-order valence-corrected chi connectivity index (χ0v) is 10.6. The van der Waals surface area contributed by atoms with Crippen LogP contribution in [0.3, 0.4) is 0 Å². The van der Waals surface area contributed by atoms with Crippen LogP contribution in [0.25, 0.3) is 0 Å². The van der Waals surface area contributed by atoms with Crippen molar-refractivity contribution in [2.24, 2.45) is 0 Å². The van der Waals surface area contributed by atoms with E-state index in [1.54, 1.807) is 24.3 Å². The molecule has 2 N–H and O–H groups in total. The summed E-state index contributed by atoms with van der Waals surface area (Å²) in [6, 6.07) is 6.99. The minimum Gasteiger partial charge on any atom is -0.332 e. The van der Waals surface area contributed by atoms with Gasteiger partial charge >= 0.3 is 0 Å². The van der Waals surface area contributed by atoms with Gasteiger partial charge in [0.25, 0.3) is 0 Å². The standard InChI is InChI=1S/C10H10Cl2N2OS/c11-6-5-9(15)14-10(16)13-8-3-1-7(12)2-4-8/h1-4H,5-6H2,(H2,13,14,15,16). The van der Waals surface area contributed by atoms with Crippen molar-refractivity contribution >= 4 is 52.1 Å². The topological polar surface area (TPSA) is 41.1 Å². The van der Waals surface area contributed by atoms with Crippen LogP contribution in [0.4, 0.5) is 5.69 Å². The van der Waals surface area contributed by atoms with Crippen LogP contribution < -0.4 is 10.6 Å². The zero-order chi connectivity index (χ0) is 12.0. The van der Waals surface area contributed by atoms with Crippen LogP contribution in [0, 0.1) is 0 Å². The van der Waals surface area contributed by atoms with Gasteiger partial charge in [-0.3, -0.25) is 4.79 Å². The average Bonchev–Trinajstić information content (AvgIpc) is 2.21. The van der Waals surface area contributed by atoms with E-state index in [-0.39, 0.29) is 23.3 Å². The minimum absolute atomic E-state index is 0.207. The van der Waals surface area contributed by atoms with E-state index in [0.717, 1.165) is 5.69 Å². The Balaban J connectivity index is 2.45. The first-order valence-corrected chi connectivity index (χ1v) is 5.86. The molecule has 86 valence electrons. The number of rotatable bonds is 3. The molecule has 3 nitrogen and oxygen atoms in total. The number of carbonyl (C=O) groups is 1. The third kappa shape index (κ3) is 4.79. The lowest BCUT2D eigenvalue weighted by atomic mass is 10.3. The minimum atomic E-state index is -0.207. The maximum absolute atomic E-state index is 11.2. The Kier molecular flexibility index (Phi) is 5.52. The summed E-state index contributed by atoms with van der Waals surface area (Å²) in [6.07, 6.45) is 0.240. The Bertz CT molecular complexity index is 381. The van der Waals surface area contributed by atoms with Gasteiger partial charge < -0.3 is 10.6 Å². The molecule has 0 heterocycles. The summed E-state index contributed by atoms with van der Waals surface area (Å²) < 4.78 is 0. The Morgan fingerprint density at radius 3 is 2.50 bits per heavy atom. The fraction of sp³-hybridized carbons (Fsp3) is 0.200. The maximum Gasteiger partial charge on any atom is 0.227 e. The fourth-order valence-electron chi connectivity index (χ4n) is 0.971. The smallest absolute Gasteiger partial charge is 0.227 e. The normalized spacial score (nSPS) is 9.62. The van der Waals surface area contributed by atoms with Gasteiger partial charge in [0.05, 0.1) is 0 Å². The Morgan fingerprint density at radius 1 is 1.31 bits per heavy atom. The lowest BCUT2D eigenvalue weighted by Crippen LogP contribution is -2.34. The second-order valence-electron chi connectivity index (χ2n) is 2.95. The predicted octanol–water partition coefficient (Wildman–Crippen LogP) is 2.78. The van der Waals surface area contributed by atoms with Gasteiger partial charge in [-0.1, -0.05) is 11.6 Å². The molecule has 0 saturated carbocycles. The van der Waals surface area contributed by atoms with Crippen LogP contribution in [0.2, 0.25) is 5.02 Å². The molecule has 0 bridgehead atoms. The first kappa shape index (κ1) is 13.2. The molecule has 0 atom stereocenters. The van der Waals surface area contributed by atoms with Crippen LogP contribution >= 0.6 is 35.4 Å². The van der Waals surface area contributed by atoms with Gasteiger partial charge in [0.2, 0.25) is 5.91 Å². The highest BCUT2D eigenvalue weighted by molar-refractivity contribution is 7.80. The van der Waals surface area contributed by atoms with E-state index in [2.05, 4.69) is 10.6 Å². The third-order valence-corrected chi connectivity index (χ3v) is 2.32. The molecular formula is C10H10Cl2N2OS. The second kappa shape index (κ2) is 6.68. The maximum atomic E-state index is 11.2. The molecule has 0 unspecified atom stereocenters. The molecule has 16 heavy (non-hydrogen) atoms. The summed E-state index contributed by atoms with van der Waals surface area (Å²) in [5.41, 5.74) is 0.764. The van der Waals surface area contributed by atoms with E-state index in [4.69, 9.17) is 35.4 Å². The highest BCUT2D eigenvalue weighted by Crippen LogP contribution is 2.13. The van der Waals surface area contributed by atoms with Crippen LogP contribution in [0.5, 0.6) is 0 Å². The van der Waals surface area contributed by atoms with Crippen molar-refractivity contribution in [3.63, 3.8) is 0 Å². The molecule has 0 radical (unpaired) electrons. The number of carbonyl (C=O) groups excluding carboxylic acids is 1. The molecule has 0 saturated heterocycles. The van der Waals surface area contributed by atoms with E-state index in [0.29, 0.717) is 5.02 Å². The molecular weight excluding hydrogens is 267 g/mol. The highest BCUT2D eigenvalue weighted by Gasteiger charge is 2.03. The summed E-state index contributed by atoms with van der Waals surface area (Å²) in [5, 5.41) is 6.25. The fourth-order valence-corrected chi connectivity index (χ4v) is 1.50. The number of anilines is 1. The summed E-state index contributed by atoms with van der Waals surface area (Å²) in [5.74, 6) is 0.0662. The van der Waals surface area contributed by atoms with Crippen LogP contribution in [-0.2, 0) is 4.79 Å². The number of hydrogen-bond acceptors (Lipinski definition) is 2. The van der Waals surface area contributed by atoms with Gasteiger partial charge in [0.1, 0.15) is 0 Å². The Hall–Kier alpha value is -0.840. The van der Waals surface area contributed by atoms with E-state index in [9.17, 15) is 4.79 Å². The number of thiocarbonyl (C=S) groups is 1. The number of nitrogens with one attached hydrogen (secondary N) is 2. The molecule has 6 heteroatoms. The largest absolute Gasteiger partial charge is 0.332 e. The van der Waals surface area contributed by atoms with Gasteiger partial charge in [-0.25, -0.2) is 0 Å². The van der Waals surface area contributed by atoms with Gasteiger partial charge in [-0.15, -0.1) is 11.6 Å². The molecule has 0 aliphatic rings. The van der Waals surface area contributed by atoms with Crippen molar-refractivity contribution in [1.82, 2.24) is 5.32 Å². The molecule has 1 aromatic rings. The first-order chi connectivity index (χ1) is 7.61. The van der Waals surface area contributed by atoms with Crippen molar-refractivity contribution < 1.29 is 4.79 Å². The molecule has 0 aliphatic carbocycles. The highest BCUT2D eigenvalue weighted by atomic mass is 35.5. The monoisotopic (exact) mass is 276 g/mol. The molecule has 0 aromatic heterocycles. The molecule has 0 spiro atoms. The van der Waals surface area contributed by atoms with Gasteiger partial charge in [0, 0.05) is 23.0 Å². The van der Waals surface area contributed by atoms with Crippen molar-refractivity contribution in [1.29, 1.82) is 0 Å². The van der Waals surface area contributed by atoms with Crippen LogP contribution in [0.15, 0.2) is 24.3 Å².